The zero-order valence-electron chi connectivity index (χ0n) is 10.5. The van der Waals surface area contributed by atoms with Crippen LogP contribution in [0.5, 0.6) is 0 Å². The molecule has 4 heteroatoms. The van der Waals surface area contributed by atoms with E-state index in [1.807, 2.05) is 18.3 Å². The van der Waals surface area contributed by atoms with Crippen LogP contribution in [0.25, 0.3) is 10.9 Å². The van der Waals surface area contributed by atoms with Gasteiger partial charge in [0, 0.05) is 30.2 Å². The summed E-state index contributed by atoms with van der Waals surface area (Å²) in [6, 6.07) is 6.86. The van der Waals surface area contributed by atoms with Gasteiger partial charge in [-0.15, -0.1) is 0 Å². The molecular formula is C14H17FN2O. The first-order valence-electron chi connectivity index (χ1n) is 6.27. The van der Waals surface area contributed by atoms with Crippen molar-refractivity contribution < 1.29 is 9.13 Å². The number of likely N-dealkylation sites (N-methyl/N-ethyl adjacent to an activating group) is 1. The Hall–Kier alpha value is -1.39. The van der Waals surface area contributed by atoms with Gasteiger partial charge in [-0.1, -0.05) is 0 Å². The maximum Gasteiger partial charge on any atom is 0.123 e. The number of halogens is 1. The molecule has 18 heavy (non-hydrogen) atoms. The van der Waals surface area contributed by atoms with E-state index in [2.05, 4.69) is 16.5 Å². The van der Waals surface area contributed by atoms with Crippen LogP contribution in [0.3, 0.4) is 0 Å². The Morgan fingerprint density at radius 3 is 3.11 bits per heavy atom. The Kier molecular flexibility index (Phi) is 3.06. The zero-order valence-corrected chi connectivity index (χ0v) is 10.5. The molecule has 3 rings (SSSR count). The molecule has 1 atom stereocenters. The highest BCUT2D eigenvalue weighted by molar-refractivity contribution is 5.80. The van der Waals surface area contributed by atoms with Crippen LogP contribution in [0, 0.1) is 5.82 Å². The molecule has 1 aliphatic heterocycles. The molecule has 0 amide bonds. The summed E-state index contributed by atoms with van der Waals surface area (Å²) in [5.41, 5.74) is 1.06. The van der Waals surface area contributed by atoms with E-state index < -0.39 is 0 Å². The maximum atomic E-state index is 13.1. The molecular weight excluding hydrogens is 231 g/mol. The first kappa shape index (κ1) is 11.7. The van der Waals surface area contributed by atoms with E-state index >= 15 is 0 Å². The summed E-state index contributed by atoms with van der Waals surface area (Å²) in [5.74, 6) is -0.186. The van der Waals surface area contributed by atoms with Crippen LogP contribution >= 0.6 is 0 Å². The molecule has 1 unspecified atom stereocenters. The van der Waals surface area contributed by atoms with Crippen molar-refractivity contribution in [2.45, 2.75) is 12.6 Å². The van der Waals surface area contributed by atoms with E-state index in [1.54, 1.807) is 6.07 Å². The van der Waals surface area contributed by atoms with Gasteiger partial charge in [0.25, 0.3) is 0 Å². The van der Waals surface area contributed by atoms with Crippen molar-refractivity contribution in [2.75, 3.05) is 26.7 Å². The average Bonchev–Trinajstić information content (AvgIpc) is 2.72. The summed E-state index contributed by atoms with van der Waals surface area (Å²) in [6.07, 6.45) is 2.21. The SMILES string of the molecule is CN1CCOC(Cn2ccc3cc(F)ccc32)C1. The lowest BCUT2D eigenvalue weighted by atomic mass is 10.2. The van der Waals surface area contributed by atoms with Crippen LogP contribution < -0.4 is 0 Å². The maximum absolute atomic E-state index is 13.1. The van der Waals surface area contributed by atoms with E-state index in [1.165, 1.54) is 6.07 Å². The molecule has 2 heterocycles. The lowest BCUT2D eigenvalue weighted by molar-refractivity contribution is -0.0269. The molecule has 3 nitrogen and oxygen atoms in total. The van der Waals surface area contributed by atoms with Gasteiger partial charge in [-0.25, -0.2) is 4.39 Å². The molecule has 1 aromatic carbocycles. The molecule has 0 bridgehead atoms. The number of benzene rings is 1. The van der Waals surface area contributed by atoms with E-state index in [0.29, 0.717) is 0 Å². The van der Waals surface area contributed by atoms with Crippen molar-refractivity contribution in [1.82, 2.24) is 9.47 Å². The predicted octanol–water partition coefficient (Wildman–Crippen LogP) is 2.11. The summed E-state index contributed by atoms with van der Waals surface area (Å²) >= 11 is 0. The molecule has 0 spiro atoms. The summed E-state index contributed by atoms with van der Waals surface area (Å²) in [5, 5.41) is 0.944. The molecule has 1 fully saturated rings. The topological polar surface area (TPSA) is 17.4 Å². The highest BCUT2D eigenvalue weighted by atomic mass is 19.1. The summed E-state index contributed by atoms with van der Waals surface area (Å²) in [4.78, 5) is 2.28. The van der Waals surface area contributed by atoms with Gasteiger partial charge in [-0.2, -0.15) is 0 Å². The van der Waals surface area contributed by atoms with Crippen molar-refractivity contribution in [2.24, 2.45) is 0 Å². The average molecular weight is 248 g/mol. The number of aromatic nitrogens is 1. The summed E-state index contributed by atoms with van der Waals surface area (Å²) in [7, 11) is 2.11. The van der Waals surface area contributed by atoms with Crippen molar-refractivity contribution in [1.29, 1.82) is 0 Å². The van der Waals surface area contributed by atoms with Gasteiger partial charge in [0.2, 0.25) is 0 Å². The van der Waals surface area contributed by atoms with Crippen LogP contribution in [0.1, 0.15) is 0 Å². The zero-order chi connectivity index (χ0) is 12.5. The number of nitrogens with zero attached hydrogens (tertiary/aromatic N) is 2. The molecule has 0 aliphatic carbocycles. The predicted molar refractivity (Wildman–Crippen MR) is 69.1 cm³/mol. The number of rotatable bonds is 2. The van der Waals surface area contributed by atoms with Gasteiger partial charge < -0.3 is 14.2 Å². The Morgan fingerprint density at radius 1 is 1.39 bits per heavy atom. The Bertz CT molecular complexity index is 552. The fourth-order valence-corrected chi connectivity index (χ4v) is 2.53. The molecule has 0 saturated carbocycles. The molecule has 96 valence electrons. The van der Waals surface area contributed by atoms with E-state index in [9.17, 15) is 4.39 Å². The van der Waals surface area contributed by atoms with Gasteiger partial charge in [-0.05, 0) is 31.3 Å². The third kappa shape index (κ3) is 2.26. The third-order valence-corrected chi connectivity index (χ3v) is 3.48. The van der Waals surface area contributed by atoms with Crippen LogP contribution in [0.4, 0.5) is 4.39 Å². The highest BCUT2D eigenvalue weighted by Gasteiger charge is 2.18. The number of ether oxygens (including phenoxy) is 1. The minimum atomic E-state index is -0.186. The van der Waals surface area contributed by atoms with Gasteiger partial charge in [0.05, 0.1) is 19.3 Å². The molecule has 1 saturated heterocycles. The smallest absolute Gasteiger partial charge is 0.123 e. The van der Waals surface area contributed by atoms with Crippen molar-refractivity contribution >= 4 is 10.9 Å². The van der Waals surface area contributed by atoms with E-state index in [0.717, 1.165) is 37.1 Å². The van der Waals surface area contributed by atoms with Crippen LogP contribution in [0.2, 0.25) is 0 Å². The van der Waals surface area contributed by atoms with Crippen molar-refractivity contribution in [3.05, 3.63) is 36.3 Å². The first-order valence-corrected chi connectivity index (χ1v) is 6.27. The molecule has 2 aromatic rings. The lowest BCUT2D eigenvalue weighted by Crippen LogP contribution is -2.41. The standard InChI is InChI=1S/C14H17FN2O/c1-16-6-7-18-13(9-16)10-17-5-4-11-8-12(15)2-3-14(11)17/h2-5,8,13H,6-7,9-10H2,1H3. The highest BCUT2D eigenvalue weighted by Crippen LogP contribution is 2.18. The van der Waals surface area contributed by atoms with Crippen LogP contribution in [-0.2, 0) is 11.3 Å². The Labute approximate surface area is 106 Å². The van der Waals surface area contributed by atoms with Crippen LogP contribution in [-0.4, -0.2) is 42.3 Å². The van der Waals surface area contributed by atoms with Crippen molar-refractivity contribution in [3.63, 3.8) is 0 Å². The first-order chi connectivity index (χ1) is 8.72. The molecule has 0 radical (unpaired) electrons. The van der Waals surface area contributed by atoms with Crippen LogP contribution in [0.15, 0.2) is 30.5 Å². The number of morpholine rings is 1. The van der Waals surface area contributed by atoms with Crippen molar-refractivity contribution in [3.8, 4) is 0 Å². The molecule has 0 N–H and O–H groups in total. The summed E-state index contributed by atoms with van der Waals surface area (Å²) < 4.78 is 21.0. The fourth-order valence-electron chi connectivity index (χ4n) is 2.53. The Morgan fingerprint density at radius 2 is 2.28 bits per heavy atom. The monoisotopic (exact) mass is 248 g/mol. The molecule has 1 aliphatic rings. The number of hydrogen-bond donors (Lipinski definition) is 0. The second-order valence-electron chi connectivity index (χ2n) is 4.93. The second-order valence-corrected chi connectivity index (χ2v) is 4.93. The second kappa shape index (κ2) is 4.71. The third-order valence-electron chi connectivity index (χ3n) is 3.48. The summed E-state index contributed by atoms with van der Waals surface area (Å²) in [6.45, 7) is 3.55. The van der Waals surface area contributed by atoms with E-state index in [-0.39, 0.29) is 11.9 Å². The quantitative estimate of drug-likeness (QED) is 0.810. The minimum absolute atomic E-state index is 0.186. The Balaban J connectivity index is 1.82. The fraction of sp³-hybridized carbons (Fsp3) is 0.429. The van der Waals surface area contributed by atoms with Gasteiger partial charge in [-0.3, -0.25) is 0 Å². The van der Waals surface area contributed by atoms with Gasteiger partial charge in [0.1, 0.15) is 5.82 Å². The largest absolute Gasteiger partial charge is 0.374 e. The minimum Gasteiger partial charge on any atom is -0.374 e. The number of fused-ring (bicyclic) bond motifs is 1. The van der Waals surface area contributed by atoms with E-state index in [4.69, 9.17) is 4.74 Å². The van der Waals surface area contributed by atoms with Gasteiger partial charge in [0.15, 0.2) is 0 Å². The number of hydrogen-bond acceptors (Lipinski definition) is 2. The normalized spacial score (nSPS) is 21.6. The van der Waals surface area contributed by atoms with Gasteiger partial charge >= 0.3 is 0 Å². The molecule has 1 aromatic heterocycles. The lowest BCUT2D eigenvalue weighted by Gasteiger charge is -2.30.